The van der Waals surface area contributed by atoms with Crippen molar-refractivity contribution in [3.63, 3.8) is 0 Å². The Morgan fingerprint density at radius 1 is 1.07 bits per heavy atom. The molecular formula is C23H31NO3. The van der Waals surface area contributed by atoms with E-state index in [1.54, 1.807) is 12.1 Å². The minimum atomic E-state index is -0.258. The van der Waals surface area contributed by atoms with E-state index in [4.69, 9.17) is 9.47 Å². The summed E-state index contributed by atoms with van der Waals surface area (Å²) in [5.41, 5.74) is 3.25. The number of aryl methyl sites for hydroxylation is 3. The van der Waals surface area contributed by atoms with Gasteiger partial charge in [-0.3, -0.25) is 0 Å². The minimum absolute atomic E-state index is 0.197. The van der Waals surface area contributed by atoms with Crippen LogP contribution in [0.25, 0.3) is 0 Å². The standard InChI is InChI=1S/C23H31NO3/c1-3-6-18-7-9-19(10-8-18)11-12-20-15-21(25)16-22(24-20)26-17-23(2)13-4-5-14-27-23/h7-10,15-16H,3-6,11-14,17H2,1-2H3,(H,24,25). The molecular weight excluding hydrogens is 338 g/mol. The van der Waals surface area contributed by atoms with Crippen molar-refractivity contribution in [2.45, 2.75) is 64.4 Å². The Bertz CT molecular complexity index is 721. The number of hydrogen-bond donors (Lipinski definition) is 1. The van der Waals surface area contributed by atoms with Crippen LogP contribution < -0.4 is 4.74 Å². The lowest BCUT2D eigenvalue weighted by Gasteiger charge is -2.33. The molecule has 0 spiro atoms. The van der Waals surface area contributed by atoms with Crippen LogP contribution in [0, 0.1) is 0 Å². The van der Waals surface area contributed by atoms with Crippen molar-refractivity contribution in [2.24, 2.45) is 0 Å². The largest absolute Gasteiger partial charge is 0.508 e. The number of pyridine rings is 1. The van der Waals surface area contributed by atoms with Gasteiger partial charge in [0.1, 0.15) is 12.4 Å². The Morgan fingerprint density at radius 2 is 1.81 bits per heavy atom. The summed E-state index contributed by atoms with van der Waals surface area (Å²) in [4.78, 5) is 4.57. The summed E-state index contributed by atoms with van der Waals surface area (Å²) in [6.07, 6.45) is 7.22. The third-order valence-corrected chi connectivity index (χ3v) is 5.15. The average molecular weight is 370 g/mol. The Labute approximate surface area is 162 Å². The highest BCUT2D eigenvalue weighted by atomic mass is 16.5. The molecule has 0 radical (unpaired) electrons. The lowest BCUT2D eigenvalue weighted by Crippen LogP contribution is -2.39. The summed E-state index contributed by atoms with van der Waals surface area (Å²) in [6.45, 7) is 5.53. The van der Waals surface area contributed by atoms with Crippen molar-refractivity contribution in [1.82, 2.24) is 4.98 Å². The molecule has 0 bridgehead atoms. The molecule has 1 saturated heterocycles. The van der Waals surface area contributed by atoms with E-state index in [9.17, 15) is 5.11 Å². The summed E-state index contributed by atoms with van der Waals surface area (Å²) in [6, 6.07) is 12.1. The molecule has 0 aliphatic carbocycles. The fourth-order valence-corrected chi connectivity index (χ4v) is 3.51. The normalized spacial score (nSPS) is 19.8. The molecule has 1 aliphatic heterocycles. The number of benzene rings is 1. The Balaban J connectivity index is 1.57. The monoisotopic (exact) mass is 369 g/mol. The third kappa shape index (κ3) is 5.96. The van der Waals surface area contributed by atoms with Crippen molar-refractivity contribution in [2.75, 3.05) is 13.2 Å². The summed E-state index contributed by atoms with van der Waals surface area (Å²) >= 11 is 0. The summed E-state index contributed by atoms with van der Waals surface area (Å²) in [5, 5.41) is 10.0. The maximum atomic E-state index is 10.0. The first-order valence-electron chi connectivity index (χ1n) is 10.1. The van der Waals surface area contributed by atoms with E-state index < -0.39 is 0 Å². The van der Waals surface area contributed by atoms with Crippen LogP contribution in [0.2, 0.25) is 0 Å². The van der Waals surface area contributed by atoms with Gasteiger partial charge >= 0.3 is 0 Å². The zero-order chi connectivity index (χ0) is 19.1. The van der Waals surface area contributed by atoms with E-state index in [1.165, 1.54) is 17.5 Å². The molecule has 2 heterocycles. The first-order valence-corrected chi connectivity index (χ1v) is 10.1. The molecule has 146 valence electrons. The van der Waals surface area contributed by atoms with Crippen LogP contribution in [0.4, 0.5) is 0 Å². The Morgan fingerprint density at radius 3 is 2.48 bits per heavy atom. The van der Waals surface area contributed by atoms with Crippen molar-refractivity contribution >= 4 is 0 Å². The SMILES string of the molecule is CCCc1ccc(CCc2cc(O)cc(OCC3(C)CCCCO3)n2)cc1. The summed E-state index contributed by atoms with van der Waals surface area (Å²) < 4.78 is 11.7. The van der Waals surface area contributed by atoms with Gasteiger partial charge in [-0.05, 0) is 56.6 Å². The van der Waals surface area contributed by atoms with Crippen LogP contribution >= 0.6 is 0 Å². The molecule has 4 heteroatoms. The quantitative estimate of drug-likeness (QED) is 0.722. The van der Waals surface area contributed by atoms with Crippen molar-refractivity contribution in [3.05, 3.63) is 53.2 Å². The molecule has 0 saturated carbocycles. The highest BCUT2D eigenvalue weighted by Crippen LogP contribution is 2.26. The fourth-order valence-electron chi connectivity index (χ4n) is 3.51. The number of aromatic nitrogens is 1. The van der Waals surface area contributed by atoms with Crippen LogP contribution in [0.5, 0.6) is 11.6 Å². The van der Waals surface area contributed by atoms with Gasteiger partial charge in [-0.2, -0.15) is 0 Å². The number of nitrogens with zero attached hydrogens (tertiary/aromatic N) is 1. The molecule has 1 atom stereocenters. The highest BCUT2D eigenvalue weighted by Gasteiger charge is 2.29. The van der Waals surface area contributed by atoms with E-state index in [0.717, 1.165) is 50.8 Å². The molecule has 1 aromatic carbocycles. The lowest BCUT2D eigenvalue weighted by atomic mass is 9.97. The van der Waals surface area contributed by atoms with Crippen LogP contribution in [0.1, 0.15) is 56.4 Å². The average Bonchev–Trinajstić information content (AvgIpc) is 2.67. The van der Waals surface area contributed by atoms with Gasteiger partial charge in [-0.25, -0.2) is 4.98 Å². The van der Waals surface area contributed by atoms with Gasteiger partial charge in [0.05, 0.1) is 5.60 Å². The summed E-state index contributed by atoms with van der Waals surface area (Å²) in [5.74, 6) is 0.668. The second-order valence-electron chi connectivity index (χ2n) is 7.77. The van der Waals surface area contributed by atoms with Crippen LogP contribution in [-0.4, -0.2) is 28.9 Å². The molecule has 3 rings (SSSR count). The second kappa shape index (κ2) is 9.23. The second-order valence-corrected chi connectivity index (χ2v) is 7.77. The molecule has 0 amide bonds. The van der Waals surface area contributed by atoms with Crippen molar-refractivity contribution in [3.8, 4) is 11.6 Å². The molecule has 1 unspecified atom stereocenters. The van der Waals surface area contributed by atoms with Crippen molar-refractivity contribution < 1.29 is 14.6 Å². The van der Waals surface area contributed by atoms with E-state index in [-0.39, 0.29) is 11.4 Å². The zero-order valence-electron chi connectivity index (χ0n) is 16.5. The Kier molecular flexibility index (Phi) is 6.73. The van der Waals surface area contributed by atoms with E-state index >= 15 is 0 Å². The van der Waals surface area contributed by atoms with Crippen LogP contribution in [-0.2, 0) is 24.0 Å². The highest BCUT2D eigenvalue weighted by molar-refractivity contribution is 5.30. The van der Waals surface area contributed by atoms with Crippen molar-refractivity contribution in [1.29, 1.82) is 0 Å². The molecule has 1 aromatic heterocycles. The number of ether oxygens (including phenoxy) is 2. The molecule has 2 aromatic rings. The van der Waals surface area contributed by atoms with Crippen LogP contribution in [0.15, 0.2) is 36.4 Å². The Hall–Kier alpha value is -2.07. The van der Waals surface area contributed by atoms with Gasteiger partial charge in [0.2, 0.25) is 5.88 Å². The van der Waals surface area contributed by atoms with Gasteiger partial charge in [0.25, 0.3) is 0 Å². The molecule has 27 heavy (non-hydrogen) atoms. The maximum Gasteiger partial charge on any atom is 0.217 e. The predicted octanol–water partition coefficient (Wildman–Crippen LogP) is 4.86. The zero-order valence-corrected chi connectivity index (χ0v) is 16.5. The van der Waals surface area contributed by atoms with Gasteiger partial charge in [-0.15, -0.1) is 0 Å². The molecule has 1 aliphatic rings. The van der Waals surface area contributed by atoms with Gasteiger partial charge < -0.3 is 14.6 Å². The minimum Gasteiger partial charge on any atom is -0.508 e. The lowest BCUT2D eigenvalue weighted by molar-refractivity contribution is -0.0895. The molecule has 4 nitrogen and oxygen atoms in total. The van der Waals surface area contributed by atoms with E-state index in [2.05, 4.69) is 43.1 Å². The first kappa shape index (κ1) is 19.7. The summed E-state index contributed by atoms with van der Waals surface area (Å²) in [7, 11) is 0. The van der Waals surface area contributed by atoms with Gasteiger partial charge in [0, 0.05) is 24.4 Å². The predicted molar refractivity (Wildman–Crippen MR) is 107 cm³/mol. The number of aromatic hydroxyl groups is 1. The third-order valence-electron chi connectivity index (χ3n) is 5.15. The van der Waals surface area contributed by atoms with E-state index in [1.807, 2.05) is 0 Å². The smallest absolute Gasteiger partial charge is 0.217 e. The van der Waals surface area contributed by atoms with Gasteiger partial charge in [-0.1, -0.05) is 37.6 Å². The van der Waals surface area contributed by atoms with Crippen LogP contribution in [0.3, 0.4) is 0 Å². The van der Waals surface area contributed by atoms with Gasteiger partial charge in [0.15, 0.2) is 0 Å². The fraction of sp³-hybridized carbons (Fsp3) is 0.522. The molecule has 1 fully saturated rings. The number of rotatable bonds is 8. The van der Waals surface area contributed by atoms with E-state index in [0.29, 0.717) is 12.5 Å². The maximum absolute atomic E-state index is 10.0. The molecule has 1 N–H and O–H groups in total. The topological polar surface area (TPSA) is 51.6 Å². The first-order chi connectivity index (χ1) is 13.1. The number of hydrogen-bond acceptors (Lipinski definition) is 4.